The molecule has 1 aliphatic rings. The van der Waals surface area contributed by atoms with Crippen molar-refractivity contribution >= 4 is 15.7 Å². The Balaban J connectivity index is 1.58. The van der Waals surface area contributed by atoms with Crippen molar-refractivity contribution in [3.63, 3.8) is 0 Å². The van der Waals surface area contributed by atoms with E-state index in [9.17, 15) is 13.2 Å². The van der Waals surface area contributed by atoms with E-state index in [0.29, 0.717) is 0 Å². The first kappa shape index (κ1) is 19.4. The molecule has 0 radical (unpaired) electrons. The highest BCUT2D eigenvalue weighted by molar-refractivity contribution is 7.90. The summed E-state index contributed by atoms with van der Waals surface area (Å²) in [6, 6.07) is 12.3. The molecule has 0 fully saturated rings. The largest absolute Gasteiger partial charge is 0.483 e. The lowest BCUT2D eigenvalue weighted by Crippen LogP contribution is -2.31. The SMILES string of the molecule is CC(NC(=O)COc1cccc2c1CCCC2)c1ccc(S(C)(=O)=O)cc1. The molecule has 3 rings (SSSR count). The Morgan fingerprint density at radius 1 is 1.11 bits per heavy atom. The molecular formula is C21H25NO4S. The summed E-state index contributed by atoms with van der Waals surface area (Å²) in [5, 5.41) is 2.89. The molecule has 5 nitrogen and oxygen atoms in total. The van der Waals surface area contributed by atoms with Crippen molar-refractivity contribution in [3.05, 3.63) is 59.2 Å². The smallest absolute Gasteiger partial charge is 0.258 e. The van der Waals surface area contributed by atoms with Gasteiger partial charge in [-0.25, -0.2) is 8.42 Å². The van der Waals surface area contributed by atoms with E-state index in [1.54, 1.807) is 24.3 Å². The second kappa shape index (κ2) is 8.13. The van der Waals surface area contributed by atoms with Crippen LogP contribution in [-0.2, 0) is 27.5 Å². The second-order valence-corrected chi connectivity index (χ2v) is 9.04. The Morgan fingerprint density at radius 2 is 1.81 bits per heavy atom. The first-order valence-electron chi connectivity index (χ1n) is 9.17. The van der Waals surface area contributed by atoms with Crippen LogP contribution < -0.4 is 10.1 Å². The Labute approximate surface area is 160 Å². The molecule has 1 aliphatic carbocycles. The van der Waals surface area contributed by atoms with E-state index in [4.69, 9.17) is 4.74 Å². The third-order valence-electron chi connectivity index (χ3n) is 4.90. The van der Waals surface area contributed by atoms with Gasteiger partial charge in [-0.2, -0.15) is 0 Å². The number of ether oxygens (including phenoxy) is 1. The number of hydrogen-bond donors (Lipinski definition) is 1. The molecule has 6 heteroatoms. The van der Waals surface area contributed by atoms with Gasteiger partial charge in [0.1, 0.15) is 5.75 Å². The van der Waals surface area contributed by atoms with E-state index in [-0.39, 0.29) is 23.5 Å². The molecule has 144 valence electrons. The van der Waals surface area contributed by atoms with Gasteiger partial charge < -0.3 is 10.1 Å². The monoisotopic (exact) mass is 387 g/mol. The summed E-state index contributed by atoms with van der Waals surface area (Å²) in [6.45, 7) is 1.82. The minimum atomic E-state index is -3.22. The van der Waals surface area contributed by atoms with Crippen LogP contribution in [0.4, 0.5) is 0 Å². The van der Waals surface area contributed by atoms with Gasteiger partial charge in [0.15, 0.2) is 16.4 Å². The molecule has 0 heterocycles. The Kier molecular flexibility index (Phi) is 5.85. The summed E-state index contributed by atoms with van der Waals surface area (Å²) in [5.41, 5.74) is 3.38. The number of aryl methyl sites for hydroxylation is 1. The second-order valence-electron chi connectivity index (χ2n) is 7.02. The van der Waals surface area contributed by atoms with Crippen LogP contribution in [0.3, 0.4) is 0 Å². The van der Waals surface area contributed by atoms with Crippen molar-refractivity contribution in [1.29, 1.82) is 0 Å². The lowest BCUT2D eigenvalue weighted by atomic mass is 9.91. The highest BCUT2D eigenvalue weighted by atomic mass is 32.2. The molecule has 2 aromatic rings. The van der Waals surface area contributed by atoms with Crippen molar-refractivity contribution < 1.29 is 17.9 Å². The molecule has 0 spiro atoms. The molecule has 1 unspecified atom stereocenters. The van der Waals surface area contributed by atoms with Gasteiger partial charge in [0.2, 0.25) is 0 Å². The molecule has 0 bridgehead atoms. The Morgan fingerprint density at radius 3 is 2.52 bits per heavy atom. The number of carbonyl (C=O) groups excluding carboxylic acids is 1. The summed E-state index contributed by atoms with van der Waals surface area (Å²) in [4.78, 5) is 12.5. The third-order valence-corrected chi connectivity index (χ3v) is 6.03. The number of amides is 1. The van der Waals surface area contributed by atoms with Crippen LogP contribution in [0.1, 0.15) is 42.5 Å². The van der Waals surface area contributed by atoms with Crippen molar-refractivity contribution in [1.82, 2.24) is 5.32 Å². The molecular weight excluding hydrogens is 362 g/mol. The number of fused-ring (bicyclic) bond motifs is 1. The number of benzene rings is 2. The van der Waals surface area contributed by atoms with E-state index < -0.39 is 9.84 Å². The summed E-state index contributed by atoms with van der Waals surface area (Å²) in [7, 11) is -3.22. The van der Waals surface area contributed by atoms with Gasteiger partial charge in [0, 0.05) is 6.26 Å². The minimum Gasteiger partial charge on any atom is -0.483 e. The molecule has 1 N–H and O–H groups in total. The maximum absolute atomic E-state index is 12.3. The van der Waals surface area contributed by atoms with Gasteiger partial charge >= 0.3 is 0 Å². The van der Waals surface area contributed by atoms with Crippen LogP contribution in [0, 0.1) is 0 Å². The molecule has 2 aromatic carbocycles. The maximum atomic E-state index is 12.3. The fraction of sp³-hybridized carbons (Fsp3) is 0.381. The molecule has 1 atom stereocenters. The van der Waals surface area contributed by atoms with Crippen molar-refractivity contribution in [2.45, 2.75) is 43.5 Å². The number of nitrogens with one attached hydrogen (secondary N) is 1. The fourth-order valence-corrected chi connectivity index (χ4v) is 4.03. The lowest BCUT2D eigenvalue weighted by molar-refractivity contribution is -0.123. The minimum absolute atomic E-state index is 0.0395. The van der Waals surface area contributed by atoms with Gasteiger partial charge in [-0.15, -0.1) is 0 Å². The van der Waals surface area contributed by atoms with Crippen LogP contribution in [0.5, 0.6) is 5.75 Å². The van der Waals surface area contributed by atoms with E-state index in [1.165, 1.54) is 23.8 Å². The highest BCUT2D eigenvalue weighted by Gasteiger charge is 2.16. The highest BCUT2D eigenvalue weighted by Crippen LogP contribution is 2.29. The van der Waals surface area contributed by atoms with Crippen LogP contribution in [0.25, 0.3) is 0 Å². The fourth-order valence-electron chi connectivity index (χ4n) is 3.40. The van der Waals surface area contributed by atoms with Gasteiger partial charge in [0.05, 0.1) is 10.9 Å². The average molecular weight is 388 g/mol. The number of carbonyl (C=O) groups is 1. The number of sulfone groups is 1. The molecule has 0 saturated carbocycles. The molecule has 1 amide bonds. The zero-order valence-corrected chi connectivity index (χ0v) is 16.5. The average Bonchev–Trinajstić information content (AvgIpc) is 2.65. The molecule has 0 saturated heterocycles. The van der Waals surface area contributed by atoms with Crippen molar-refractivity contribution in [3.8, 4) is 5.75 Å². The van der Waals surface area contributed by atoms with Crippen LogP contribution >= 0.6 is 0 Å². The summed E-state index contributed by atoms with van der Waals surface area (Å²) >= 11 is 0. The van der Waals surface area contributed by atoms with Crippen molar-refractivity contribution in [2.24, 2.45) is 0 Å². The zero-order chi connectivity index (χ0) is 19.4. The molecule has 27 heavy (non-hydrogen) atoms. The topological polar surface area (TPSA) is 72.5 Å². The Hall–Kier alpha value is -2.34. The van der Waals surface area contributed by atoms with Gasteiger partial charge in [0.25, 0.3) is 5.91 Å². The van der Waals surface area contributed by atoms with Crippen LogP contribution in [0.2, 0.25) is 0 Å². The summed E-state index contributed by atoms with van der Waals surface area (Å²) in [5.74, 6) is 0.593. The van der Waals surface area contributed by atoms with Crippen molar-refractivity contribution in [2.75, 3.05) is 12.9 Å². The first-order chi connectivity index (χ1) is 12.8. The van der Waals surface area contributed by atoms with Gasteiger partial charge in [-0.05, 0) is 67.5 Å². The Bertz CT molecular complexity index is 920. The van der Waals surface area contributed by atoms with E-state index in [2.05, 4.69) is 11.4 Å². The molecule has 0 aromatic heterocycles. The molecule has 0 aliphatic heterocycles. The number of hydrogen-bond acceptors (Lipinski definition) is 4. The predicted octanol–water partition coefficient (Wildman–Crippen LogP) is 3.23. The van der Waals surface area contributed by atoms with E-state index >= 15 is 0 Å². The quantitative estimate of drug-likeness (QED) is 0.826. The van der Waals surface area contributed by atoms with E-state index in [1.807, 2.05) is 19.1 Å². The van der Waals surface area contributed by atoms with Crippen LogP contribution in [-0.4, -0.2) is 27.2 Å². The zero-order valence-electron chi connectivity index (χ0n) is 15.7. The van der Waals surface area contributed by atoms with E-state index in [0.717, 1.165) is 30.6 Å². The van der Waals surface area contributed by atoms with Crippen LogP contribution in [0.15, 0.2) is 47.4 Å². The predicted molar refractivity (Wildman–Crippen MR) is 105 cm³/mol. The third kappa shape index (κ3) is 4.89. The standard InChI is InChI=1S/C21H25NO4S/c1-15(16-10-12-18(13-11-16)27(2,24)25)22-21(23)14-26-20-9-5-7-17-6-3-4-8-19(17)20/h5,7,9-13,15H,3-4,6,8,14H2,1-2H3,(H,22,23). The summed E-state index contributed by atoms with van der Waals surface area (Å²) in [6.07, 6.45) is 5.59. The normalized spacial score (nSPS) is 14.9. The number of rotatable bonds is 6. The lowest BCUT2D eigenvalue weighted by Gasteiger charge is -2.20. The van der Waals surface area contributed by atoms with Gasteiger partial charge in [-0.1, -0.05) is 24.3 Å². The summed E-state index contributed by atoms with van der Waals surface area (Å²) < 4.78 is 28.8. The maximum Gasteiger partial charge on any atom is 0.258 e. The first-order valence-corrected chi connectivity index (χ1v) is 11.1. The van der Waals surface area contributed by atoms with Gasteiger partial charge in [-0.3, -0.25) is 4.79 Å².